The maximum atomic E-state index is 13.6. The Balaban J connectivity index is 1.56. The maximum Gasteiger partial charge on any atom is 0.420 e. The molecule has 1 aliphatic heterocycles. The topological polar surface area (TPSA) is 96.3 Å². The number of piperidine rings is 1. The number of carboxylic acid groups (broad SMARTS) is 1. The van der Waals surface area contributed by atoms with Crippen molar-refractivity contribution in [1.29, 1.82) is 0 Å². The third-order valence-corrected chi connectivity index (χ3v) is 6.21. The number of hydrogen-bond acceptors (Lipinski definition) is 6. The van der Waals surface area contributed by atoms with E-state index in [9.17, 15) is 22.8 Å². The second-order valence-electron chi connectivity index (χ2n) is 8.92. The van der Waals surface area contributed by atoms with Crippen molar-refractivity contribution >= 4 is 19.6 Å². The minimum Gasteiger partial charge on any atom is -0.481 e. The smallest absolute Gasteiger partial charge is 0.420 e. The third kappa shape index (κ3) is 7.04. The molecule has 0 spiro atoms. The van der Waals surface area contributed by atoms with Gasteiger partial charge in [0.15, 0.2) is 0 Å². The van der Waals surface area contributed by atoms with Crippen LogP contribution in [0.4, 0.5) is 13.2 Å². The normalized spacial score (nSPS) is 15.8. The maximum absolute atomic E-state index is 13.6. The number of pyridine rings is 1. The molecule has 1 N–H and O–H groups in total. The first-order chi connectivity index (χ1) is 18.2. The standard InChI is InChI=1S/C27H23BF3N4O3/c29-27(30,31)22-15-33-25(34-24(22)10-9-23-20(14-26(37)38)3-1-11-32-23)13-18-5-7-19(8-6-18)21-4-2-12-35(16-21)28-17-36/h1,3,5-8,11,15,17,21H,2,4,12-14,16H2,(H,37,38). The number of hydrogen-bond donors (Lipinski definition) is 1. The molecule has 0 bridgehead atoms. The summed E-state index contributed by atoms with van der Waals surface area (Å²) in [5.74, 6) is 4.34. The first kappa shape index (κ1) is 27.0. The molecular weight excluding hydrogens is 496 g/mol. The van der Waals surface area contributed by atoms with Crippen LogP contribution >= 0.6 is 0 Å². The van der Waals surface area contributed by atoms with Gasteiger partial charge in [-0.1, -0.05) is 30.3 Å². The van der Waals surface area contributed by atoms with Gasteiger partial charge < -0.3 is 14.7 Å². The van der Waals surface area contributed by atoms with Gasteiger partial charge in [0.05, 0.1) is 12.6 Å². The molecule has 1 saturated heterocycles. The lowest BCUT2D eigenvalue weighted by Crippen LogP contribution is -2.37. The molecule has 38 heavy (non-hydrogen) atoms. The van der Waals surface area contributed by atoms with E-state index in [0.29, 0.717) is 5.56 Å². The molecule has 2 aromatic heterocycles. The second kappa shape index (κ2) is 12.0. The van der Waals surface area contributed by atoms with Crippen molar-refractivity contribution in [2.75, 3.05) is 13.1 Å². The van der Waals surface area contributed by atoms with Crippen LogP contribution in [-0.4, -0.2) is 57.5 Å². The highest BCUT2D eigenvalue weighted by atomic mass is 19.4. The summed E-state index contributed by atoms with van der Waals surface area (Å²) in [5, 5.41) is 9.07. The fraction of sp³-hybridized carbons (Fsp3) is 0.296. The summed E-state index contributed by atoms with van der Waals surface area (Å²) < 4.78 is 40.8. The van der Waals surface area contributed by atoms with Crippen LogP contribution in [0.3, 0.4) is 0 Å². The van der Waals surface area contributed by atoms with Gasteiger partial charge in [-0.3, -0.25) is 4.79 Å². The molecule has 4 rings (SSSR count). The second-order valence-corrected chi connectivity index (χ2v) is 8.92. The SMILES string of the molecule is O=C[B]N1CCCC(c2ccc(Cc3ncc(C(F)(F)F)c(C#Cc4ncccc4CC(=O)O)n3)cc2)C1. The number of aliphatic carboxylic acids is 1. The predicted molar refractivity (Wildman–Crippen MR) is 134 cm³/mol. The average molecular weight is 519 g/mol. The number of rotatable bonds is 7. The molecule has 11 heteroatoms. The van der Waals surface area contributed by atoms with E-state index in [-0.39, 0.29) is 30.3 Å². The molecule has 7 nitrogen and oxygen atoms in total. The fourth-order valence-electron chi connectivity index (χ4n) is 4.37. The van der Waals surface area contributed by atoms with Gasteiger partial charge >= 0.3 is 12.1 Å². The first-order valence-corrected chi connectivity index (χ1v) is 11.9. The molecule has 1 aliphatic rings. The van der Waals surface area contributed by atoms with Crippen LogP contribution in [0, 0.1) is 11.8 Å². The highest BCUT2D eigenvalue weighted by molar-refractivity contribution is 6.64. The molecule has 3 aromatic rings. The van der Waals surface area contributed by atoms with Crippen LogP contribution in [0.15, 0.2) is 48.8 Å². The minimum atomic E-state index is -4.71. The van der Waals surface area contributed by atoms with E-state index < -0.39 is 23.4 Å². The molecule has 1 fully saturated rings. The fourth-order valence-corrected chi connectivity index (χ4v) is 4.37. The molecule has 0 aliphatic carbocycles. The zero-order chi connectivity index (χ0) is 27.1. The van der Waals surface area contributed by atoms with Crippen molar-refractivity contribution in [2.45, 2.75) is 37.8 Å². The number of benzene rings is 1. The Hall–Kier alpha value is -4.04. The van der Waals surface area contributed by atoms with Crippen molar-refractivity contribution in [3.05, 3.63) is 88.3 Å². The monoisotopic (exact) mass is 519 g/mol. The van der Waals surface area contributed by atoms with E-state index in [2.05, 4.69) is 26.8 Å². The Morgan fingerprint density at radius 3 is 2.63 bits per heavy atom. The number of carbonyl (C=O) groups excluding carboxylic acids is 1. The summed E-state index contributed by atoms with van der Waals surface area (Å²) >= 11 is 0. The van der Waals surface area contributed by atoms with E-state index in [1.165, 1.54) is 18.3 Å². The largest absolute Gasteiger partial charge is 0.481 e. The van der Waals surface area contributed by atoms with Gasteiger partial charge in [-0.05, 0) is 66.4 Å². The van der Waals surface area contributed by atoms with Gasteiger partial charge in [0.1, 0.15) is 22.8 Å². The van der Waals surface area contributed by atoms with Crippen LogP contribution in [0.1, 0.15) is 58.2 Å². The van der Waals surface area contributed by atoms with Gasteiger partial charge in [0.2, 0.25) is 0 Å². The Morgan fingerprint density at radius 1 is 1.16 bits per heavy atom. The molecule has 1 radical (unpaired) electrons. The molecule has 1 unspecified atom stereocenters. The number of halogens is 3. The van der Waals surface area contributed by atoms with E-state index >= 15 is 0 Å². The molecular formula is C27H23BF3N4O3. The molecule has 1 atom stereocenters. The molecule has 0 amide bonds. The average Bonchev–Trinajstić information content (AvgIpc) is 2.88. The quantitative estimate of drug-likeness (QED) is 0.290. The van der Waals surface area contributed by atoms with E-state index in [1.54, 1.807) is 7.41 Å². The van der Waals surface area contributed by atoms with Crippen LogP contribution in [0.5, 0.6) is 0 Å². The molecule has 3 heterocycles. The lowest BCUT2D eigenvalue weighted by molar-refractivity contribution is -0.138. The summed E-state index contributed by atoms with van der Waals surface area (Å²) in [4.78, 5) is 35.9. The van der Waals surface area contributed by atoms with E-state index in [0.717, 1.165) is 49.4 Å². The highest BCUT2D eigenvalue weighted by Crippen LogP contribution is 2.31. The van der Waals surface area contributed by atoms with Gasteiger partial charge in [-0.15, -0.1) is 0 Å². The number of alkyl halides is 3. The minimum absolute atomic E-state index is 0.0748. The predicted octanol–water partition coefficient (Wildman–Crippen LogP) is 3.50. The van der Waals surface area contributed by atoms with Gasteiger partial charge in [-0.25, -0.2) is 15.0 Å². The zero-order valence-corrected chi connectivity index (χ0v) is 20.3. The van der Waals surface area contributed by atoms with Gasteiger partial charge in [-0.2, -0.15) is 13.2 Å². The summed E-state index contributed by atoms with van der Waals surface area (Å²) in [6, 6.07) is 10.8. The Bertz CT molecular complexity index is 1370. The van der Waals surface area contributed by atoms with Crippen molar-refractivity contribution in [2.24, 2.45) is 0 Å². The molecule has 1 aromatic carbocycles. The molecule has 193 valence electrons. The van der Waals surface area contributed by atoms with Crippen molar-refractivity contribution in [1.82, 2.24) is 19.8 Å². The lowest BCUT2D eigenvalue weighted by atomic mass is 9.84. The number of nitrogens with zero attached hydrogens (tertiary/aromatic N) is 4. The Morgan fingerprint density at radius 2 is 1.92 bits per heavy atom. The van der Waals surface area contributed by atoms with E-state index in [1.807, 2.05) is 29.1 Å². The van der Waals surface area contributed by atoms with Crippen LogP contribution in [-0.2, 0) is 28.6 Å². The summed E-state index contributed by atoms with van der Waals surface area (Å²) in [6.07, 6.45) is 0.0258. The van der Waals surface area contributed by atoms with Crippen LogP contribution < -0.4 is 0 Å². The zero-order valence-electron chi connectivity index (χ0n) is 20.3. The van der Waals surface area contributed by atoms with Crippen LogP contribution in [0.25, 0.3) is 0 Å². The van der Waals surface area contributed by atoms with Gasteiger partial charge in [0.25, 0.3) is 7.41 Å². The number of aromatic nitrogens is 3. The van der Waals surface area contributed by atoms with Crippen LogP contribution in [0.2, 0.25) is 0 Å². The number of carboxylic acids is 1. The number of carbonyl (C=O) groups is 2. The lowest BCUT2D eigenvalue weighted by Gasteiger charge is -2.31. The third-order valence-electron chi connectivity index (χ3n) is 6.21. The highest BCUT2D eigenvalue weighted by Gasteiger charge is 2.34. The Labute approximate surface area is 218 Å². The summed E-state index contributed by atoms with van der Waals surface area (Å²) in [7, 11) is 1.56. The van der Waals surface area contributed by atoms with Crippen molar-refractivity contribution < 1.29 is 27.9 Å². The summed E-state index contributed by atoms with van der Waals surface area (Å²) in [6.45, 7) is 1.61. The molecule has 0 saturated carbocycles. The van der Waals surface area contributed by atoms with Crippen molar-refractivity contribution in [3.8, 4) is 11.8 Å². The van der Waals surface area contributed by atoms with E-state index in [4.69, 9.17) is 5.11 Å². The Kier molecular flexibility index (Phi) is 8.53. The van der Waals surface area contributed by atoms with Gasteiger partial charge in [0, 0.05) is 18.8 Å². The first-order valence-electron chi connectivity index (χ1n) is 11.9. The summed E-state index contributed by atoms with van der Waals surface area (Å²) in [5.41, 5.74) is 0.748. The van der Waals surface area contributed by atoms with Crippen molar-refractivity contribution in [3.63, 3.8) is 0 Å².